The van der Waals surface area contributed by atoms with Crippen molar-refractivity contribution in [2.24, 2.45) is 0 Å². The second-order valence-electron chi connectivity index (χ2n) is 4.92. The largest absolute Gasteiger partial charge is 0.457 e. The Hall–Kier alpha value is -2.00. The van der Waals surface area contributed by atoms with Crippen molar-refractivity contribution >= 4 is 5.69 Å². The van der Waals surface area contributed by atoms with Gasteiger partial charge in [-0.1, -0.05) is 25.1 Å². The van der Waals surface area contributed by atoms with Crippen LogP contribution in [0.25, 0.3) is 0 Å². The third-order valence-electron chi connectivity index (χ3n) is 3.07. The second kappa shape index (κ2) is 6.96. The van der Waals surface area contributed by atoms with E-state index >= 15 is 0 Å². The number of hydrogen-bond acceptors (Lipinski definition) is 3. The highest BCUT2D eigenvalue weighted by Gasteiger charge is 2.01. The second-order valence-corrected chi connectivity index (χ2v) is 4.92. The highest BCUT2D eigenvalue weighted by Crippen LogP contribution is 2.25. The standard InChI is InChI=1S/C17H22N2O/c1-4-18-13-14-8-10-16(11-9-14)20-17-7-5-6-15(12-17)19(2)3/h5-12,18H,4,13H2,1-3H3. The maximum absolute atomic E-state index is 5.88. The molecular formula is C17H22N2O. The minimum Gasteiger partial charge on any atom is -0.457 e. The van der Waals surface area contributed by atoms with Crippen LogP contribution in [0.15, 0.2) is 48.5 Å². The zero-order valence-electron chi connectivity index (χ0n) is 12.4. The van der Waals surface area contributed by atoms with Crippen molar-refractivity contribution in [3.63, 3.8) is 0 Å². The molecule has 0 aromatic heterocycles. The Labute approximate surface area is 121 Å². The molecular weight excluding hydrogens is 248 g/mol. The summed E-state index contributed by atoms with van der Waals surface area (Å²) in [7, 11) is 4.04. The third-order valence-corrected chi connectivity index (χ3v) is 3.07. The average Bonchev–Trinajstić information content (AvgIpc) is 2.47. The Morgan fingerprint density at radius 3 is 2.40 bits per heavy atom. The number of nitrogens with zero attached hydrogens (tertiary/aromatic N) is 1. The Morgan fingerprint density at radius 2 is 1.75 bits per heavy atom. The zero-order chi connectivity index (χ0) is 14.4. The van der Waals surface area contributed by atoms with Crippen LogP contribution in [0.1, 0.15) is 12.5 Å². The fourth-order valence-electron chi connectivity index (χ4n) is 1.91. The van der Waals surface area contributed by atoms with Gasteiger partial charge >= 0.3 is 0 Å². The van der Waals surface area contributed by atoms with E-state index in [1.54, 1.807) is 0 Å². The van der Waals surface area contributed by atoms with Crippen LogP contribution >= 0.6 is 0 Å². The van der Waals surface area contributed by atoms with Gasteiger partial charge in [0.25, 0.3) is 0 Å². The molecule has 0 unspecified atom stereocenters. The fourth-order valence-corrected chi connectivity index (χ4v) is 1.91. The van der Waals surface area contributed by atoms with E-state index in [4.69, 9.17) is 4.74 Å². The monoisotopic (exact) mass is 270 g/mol. The van der Waals surface area contributed by atoms with Crippen molar-refractivity contribution in [1.29, 1.82) is 0 Å². The van der Waals surface area contributed by atoms with Crippen molar-refractivity contribution in [3.8, 4) is 11.5 Å². The summed E-state index contributed by atoms with van der Waals surface area (Å²) >= 11 is 0. The van der Waals surface area contributed by atoms with Crippen LogP contribution in [0.5, 0.6) is 11.5 Å². The van der Waals surface area contributed by atoms with Crippen LogP contribution < -0.4 is 15.0 Å². The first-order valence-corrected chi connectivity index (χ1v) is 6.94. The highest BCUT2D eigenvalue weighted by atomic mass is 16.5. The number of benzene rings is 2. The van der Waals surface area contributed by atoms with Gasteiger partial charge in [-0.15, -0.1) is 0 Å². The smallest absolute Gasteiger partial charge is 0.129 e. The van der Waals surface area contributed by atoms with Gasteiger partial charge < -0.3 is 15.0 Å². The summed E-state index contributed by atoms with van der Waals surface area (Å²) < 4.78 is 5.88. The summed E-state index contributed by atoms with van der Waals surface area (Å²) in [5.41, 5.74) is 2.40. The number of anilines is 1. The number of hydrogen-bond donors (Lipinski definition) is 1. The van der Waals surface area contributed by atoms with Crippen molar-refractivity contribution in [1.82, 2.24) is 5.32 Å². The Kier molecular flexibility index (Phi) is 5.02. The number of nitrogens with one attached hydrogen (secondary N) is 1. The van der Waals surface area contributed by atoms with Crippen LogP contribution in [0.2, 0.25) is 0 Å². The molecule has 0 atom stereocenters. The summed E-state index contributed by atoms with van der Waals surface area (Å²) in [6.07, 6.45) is 0. The summed E-state index contributed by atoms with van der Waals surface area (Å²) in [5, 5.41) is 3.31. The van der Waals surface area contributed by atoms with E-state index in [2.05, 4.69) is 35.3 Å². The summed E-state index contributed by atoms with van der Waals surface area (Å²) in [6, 6.07) is 16.3. The van der Waals surface area contributed by atoms with E-state index in [0.717, 1.165) is 30.3 Å². The lowest BCUT2D eigenvalue weighted by Crippen LogP contribution is -2.11. The zero-order valence-corrected chi connectivity index (χ0v) is 12.4. The maximum Gasteiger partial charge on any atom is 0.129 e. The van der Waals surface area contributed by atoms with Crippen molar-refractivity contribution in [3.05, 3.63) is 54.1 Å². The molecule has 2 aromatic carbocycles. The fraction of sp³-hybridized carbons (Fsp3) is 0.294. The van der Waals surface area contributed by atoms with Gasteiger partial charge in [0.05, 0.1) is 0 Å². The van der Waals surface area contributed by atoms with E-state index in [-0.39, 0.29) is 0 Å². The van der Waals surface area contributed by atoms with Gasteiger partial charge in [-0.25, -0.2) is 0 Å². The van der Waals surface area contributed by atoms with Crippen LogP contribution in [0.3, 0.4) is 0 Å². The third kappa shape index (κ3) is 4.00. The van der Waals surface area contributed by atoms with Gasteiger partial charge in [0, 0.05) is 32.4 Å². The van der Waals surface area contributed by atoms with Gasteiger partial charge in [-0.2, -0.15) is 0 Å². The van der Waals surface area contributed by atoms with E-state index in [9.17, 15) is 0 Å². The molecule has 0 heterocycles. The van der Waals surface area contributed by atoms with Crippen LogP contribution in [-0.2, 0) is 6.54 Å². The van der Waals surface area contributed by atoms with Crippen LogP contribution in [0.4, 0.5) is 5.69 Å². The predicted octanol–water partition coefficient (Wildman–Crippen LogP) is 3.65. The first kappa shape index (κ1) is 14.4. The molecule has 0 saturated carbocycles. The van der Waals surface area contributed by atoms with E-state index in [1.807, 2.05) is 44.4 Å². The van der Waals surface area contributed by atoms with Gasteiger partial charge in [-0.05, 0) is 36.4 Å². The molecule has 0 aliphatic carbocycles. The summed E-state index contributed by atoms with van der Waals surface area (Å²) in [4.78, 5) is 2.06. The molecule has 0 amide bonds. The number of ether oxygens (including phenoxy) is 1. The maximum atomic E-state index is 5.88. The van der Waals surface area contributed by atoms with E-state index in [0.29, 0.717) is 0 Å². The van der Waals surface area contributed by atoms with Crippen molar-refractivity contribution < 1.29 is 4.74 Å². The molecule has 0 aliphatic heterocycles. The molecule has 0 spiro atoms. The number of rotatable bonds is 6. The molecule has 0 radical (unpaired) electrons. The first-order valence-electron chi connectivity index (χ1n) is 6.94. The van der Waals surface area contributed by atoms with Gasteiger partial charge in [0.15, 0.2) is 0 Å². The van der Waals surface area contributed by atoms with Crippen molar-refractivity contribution in [2.45, 2.75) is 13.5 Å². The molecule has 0 bridgehead atoms. The molecule has 1 N–H and O–H groups in total. The van der Waals surface area contributed by atoms with Crippen LogP contribution in [-0.4, -0.2) is 20.6 Å². The molecule has 0 fully saturated rings. The lowest BCUT2D eigenvalue weighted by atomic mass is 10.2. The van der Waals surface area contributed by atoms with Gasteiger partial charge in [-0.3, -0.25) is 0 Å². The molecule has 106 valence electrons. The molecule has 2 rings (SSSR count). The molecule has 3 nitrogen and oxygen atoms in total. The Balaban J connectivity index is 2.04. The molecule has 0 saturated heterocycles. The van der Waals surface area contributed by atoms with Gasteiger partial charge in [0.2, 0.25) is 0 Å². The minimum absolute atomic E-state index is 0.857. The SMILES string of the molecule is CCNCc1ccc(Oc2cccc(N(C)C)c2)cc1. The summed E-state index contributed by atoms with van der Waals surface area (Å²) in [5.74, 6) is 1.72. The van der Waals surface area contributed by atoms with E-state index in [1.165, 1.54) is 5.56 Å². The molecule has 2 aromatic rings. The molecule has 3 heteroatoms. The Bertz CT molecular complexity index is 535. The topological polar surface area (TPSA) is 24.5 Å². The highest BCUT2D eigenvalue weighted by molar-refractivity contribution is 5.50. The first-order chi connectivity index (χ1) is 9.69. The summed E-state index contributed by atoms with van der Waals surface area (Å²) in [6.45, 7) is 3.98. The van der Waals surface area contributed by atoms with E-state index < -0.39 is 0 Å². The predicted molar refractivity (Wildman–Crippen MR) is 84.7 cm³/mol. The van der Waals surface area contributed by atoms with Crippen LogP contribution in [0, 0.1) is 0 Å². The lowest BCUT2D eigenvalue weighted by Gasteiger charge is -2.14. The molecule has 20 heavy (non-hydrogen) atoms. The molecule has 0 aliphatic rings. The average molecular weight is 270 g/mol. The normalized spacial score (nSPS) is 10.3. The quantitative estimate of drug-likeness (QED) is 0.867. The van der Waals surface area contributed by atoms with Crippen molar-refractivity contribution in [2.75, 3.05) is 25.5 Å². The van der Waals surface area contributed by atoms with Gasteiger partial charge in [0.1, 0.15) is 11.5 Å². The lowest BCUT2D eigenvalue weighted by molar-refractivity contribution is 0.482. The Morgan fingerprint density at radius 1 is 1.00 bits per heavy atom. The minimum atomic E-state index is 0.857.